The third-order valence-corrected chi connectivity index (χ3v) is 5.71. The first-order valence-corrected chi connectivity index (χ1v) is 9.72. The predicted octanol–water partition coefficient (Wildman–Crippen LogP) is 3.25. The average Bonchev–Trinajstić information content (AvgIpc) is 2.69. The molecule has 0 unspecified atom stereocenters. The minimum atomic E-state index is -1.83. The summed E-state index contributed by atoms with van der Waals surface area (Å²) >= 11 is 6.04. The number of halogens is 1. The maximum atomic E-state index is 13.0. The number of carbonyl (C=O) groups excluding carboxylic acids is 2. The van der Waals surface area contributed by atoms with Gasteiger partial charge in [-0.25, -0.2) is 4.79 Å². The smallest absolute Gasteiger partial charge is 0.343 e. The van der Waals surface area contributed by atoms with Gasteiger partial charge in [-0.1, -0.05) is 17.7 Å². The van der Waals surface area contributed by atoms with Gasteiger partial charge in [-0.3, -0.25) is 4.79 Å². The van der Waals surface area contributed by atoms with E-state index in [1.54, 1.807) is 25.2 Å². The first-order chi connectivity index (χ1) is 14.1. The Morgan fingerprint density at radius 1 is 1.40 bits per heavy atom. The third kappa shape index (κ3) is 3.59. The number of rotatable bonds is 4. The molecule has 0 aromatic heterocycles. The fourth-order valence-electron chi connectivity index (χ4n) is 3.65. The minimum absolute atomic E-state index is 0.0357. The van der Waals surface area contributed by atoms with Crippen LogP contribution in [0.4, 0.5) is 0 Å². The fraction of sp³-hybridized carbons (Fsp3) is 0.364. The summed E-state index contributed by atoms with van der Waals surface area (Å²) in [7, 11) is 1.29. The van der Waals surface area contributed by atoms with Crippen molar-refractivity contribution < 1.29 is 34.0 Å². The van der Waals surface area contributed by atoms with Gasteiger partial charge in [0.1, 0.15) is 28.2 Å². The summed E-state index contributed by atoms with van der Waals surface area (Å²) in [5.41, 5.74) is -0.910. The molecule has 0 fully saturated rings. The zero-order valence-corrected chi connectivity index (χ0v) is 17.8. The SMILES string of the molecule is C/C=C/C1=CC2=CC(=O)[C@](C)(OC(=O)c3c(C)cc(O)c(Cl)c3OC)[C@@H](O)[C@@H]2CO1. The van der Waals surface area contributed by atoms with E-state index >= 15 is 0 Å². The normalized spacial score (nSPS) is 25.9. The van der Waals surface area contributed by atoms with E-state index in [9.17, 15) is 19.8 Å². The summed E-state index contributed by atoms with van der Waals surface area (Å²) in [4.78, 5) is 25.9. The van der Waals surface area contributed by atoms with Gasteiger partial charge < -0.3 is 24.4 Å². The molecule has 0 saturated carbocycles. The molecule has 0 spiro atoms. The van der Waals surface area contributed by atoms with Crippen molar-refractivity contribution in [2.75, 3.05) is 13.7 Å². The molecule has 1 aromatic carbocycles. The van der Waals surface area contributed by atoms with E-state index in [4.69, 9.17) is 25.8 Å². The highest BCUT2D eigenvalue weighted by Gasteiger charge is 2.52. The number of aromatic hydroxyl groups is 1. The van der Waals surface area contributed by atoms with Crippen LogP contribution in [-0.4, -0.2) is 47.4 Å². The summed E-state index contributed by atoms with van der Waals surface area (Å²) in [6.45, 7) is 4.91. The molecular weight excluding hydrogens is 412 g/mol. The van der Waals surface area contributed by atoms with Gasteiger partial charge in [0.25, 0.3) is 0 Å². The largest absolute Gasteiger partial charge is 0.506 e. The number of hydrogen-bond acceptors (Lipinski definition) is 7. The fourth-order valence-corrected chi connectivity index (χ4v) is 3.87. The lowest BCUT2D eigenvalue weighted by Gasteiger charge is -2.41. The summed E-state index contributed by atoms with van der Waals surface area (Å²) in [6.07, 6.45) is 5.29. The number of phenolic OH excluding ortho intramolecular Hbond substituents is 1. The number of fused-ring (bicyclic) bond motifs is 1. The Bertz CT molecular complexity index is 992. The molecule has 1 aliphatic carbocycles. The number of benzene rings is 1. The van der Waals surface area contributed by atoms with Crippen LogP contribution in [0.2, 0.25) is 5.02 Å². The summed E-state index contributed by atoms with van der Waals surface area (Å²) in [6, 6.07) is 1.30. The zero-order valence-electron chi connectivity index (χ0n) is 17.1. The van der Waals surface area contributed by atoms with Crippen molar-refractivity contribution >= 4 is 23.4 Å². The van der Waals surface area contributed by atoms with E-state index in [0.717, 1.165) is 0 Å². The molecule has 30 heavy (non-hydrogen) atoms. The number of ether oxygens (including phenoxy) is 3. The number of allylic oxidation sites excluding steroid dienone is 3. The Hall–Kier alpha value is -2.77. The molecular formula is C22H23ClO7. The summed E-state index contributed by atoms with van der Waals surface area (Å²) in [5, 5.41) is 20.7. The minimum Gasteiger partial charge on any atom is -0.506 e. The van der Waals surface area contributed by atoms with E-state index in [-0.39, 0.29) is 28.7 Å². The second-order valence-electron chi connectivity index (χ2n) is 7.35. The van der Waals surface area contributed by atoms with Gasteiger partial charge >= 0.3 is 5.97 Å². The number of phenols is 1. The highest BCUT2D eigenvalue weighted by Crippen LogP contribution is 2.41. The summed E-state index contributed by atoms with van der Waals surface area (Å²) in [5.74, 6) is -1.73. The molecule has 3 rings (SSSR count). The number of aryl methyl sites for hydroxylation is 1. The number of aliphatic hydroxyl groups is 1. The lowest BCUT2D eigenvalue weighted by atomic mass is 9.74. The molecule has 7 nitrogen and oxygen atoms in total. The molecule has 1 aliphatic heterocycles. The second-order valence-corrected chi connectivity index (χ2v) is 7.73. The van der Waals surface area contributed by atoms with Crippen molar-refractivity contribution in [1.29, 1.82) is 0 Å². The van der Waals surface area contributed by atoms with Crippen molar-refractivity contribution in [2.24, 2.45) is 5.92 Å². The molecule has 8 heteroatoms. The Labute approximate surface area is 179 Å². The van der Waals surface area contributed by atoms with E-state index < -0.39 is 29.4 Å². The first-order valence-electron chi connectivity index (χ1n) is 9.34. The Morgan fingerprint density at radius 3 is 2.73 bits per heavy atom. The van der Waals surface area contributed by atoms with Crippen LogP contribution in [0.5, 0.6) is 11.5 Å². The lowest BCUT2D eigenvalue weighted by molar-refractivity contribution is -0.152. The molecule has 1 aromatic rings. The van der Waals surface area contributed by atoms with Crippen molar-refractivity contribution in [3.63, 3.8) is 0 Å². The van der Waals surface area contributed by atoms with Crippen LogP contribution in [-0.2, 0) is 14.3 Å². The molecule has 1 heterocycles. The molecule has 0 amide bonds. The Morgan fingerprint density at radius 2 is 2.10 bits per heavy atom. The third-order valence-electron chi connectivity index (χ3n) is 5.34. The number of ketones is 1. The van der Waals surface area contributed by atoms with Gasteiger partial charge in [0.05, 0.1) is 13.7 Å². The van der Waals surface area contributed by atoms with E-state index in [1.807, 2.05) is 6.92 Å². The van der Waals surface area contributed by atoms with Crippen molar-refractivity contribution in [1.82, 2.24) is 0 Å². The molecule has 2 aliphatic rings. The van der Waals surface area contributed by atoms with Crippen LogP contribution >= 0.6 is 11.6 Å². The summed E-state index contributed by atoms with van der Waals surface area (Å²) < 4.78 is 16.3. The first kappa shape index (κ1) is 21.9. The van der Waals surface area contributed by atoms with Crippen LogP contribution in [0.1, 0.15) is 29.8 Å². The second kappa shape index (κ2) is 8.16. The van der Waals surface area contributed by atoms with Gasteiger partial charge in [0.15, 0.2) is 11.4 Å². The van der Waals surface area contributed by atoms with Gasteiger partial charge in [-0.15, -0.1) is 0 Å². The van der Waals surface area contributed by atoms with Gasteiger partial charge in [-0.05, 0) is 56.2 Å². The van der Waals surface area contributed by atoms with Gasteiger partial charge in [-0.2, -0.15) is 0 Å². The number of hydrogen-bond donors (Lipinski definition) is 2. The van der Waals surface area contributed by atoms with E-state index in [1.165, 1.54) is 26.2 Å². The van der Waals surface area contributed by atoms with Crippen molar-refractivity contribution in [3.8, 4) is 11.5 Å². The van der Waals surface area contributed by atoms with E-state index in [0.29, 0.717) is 16.9 Å². The molecule has 0 saturated heterocycles. The van der Waals surface area contributed by atoms with E-state index in [2.05, 4.69) is 0 Å². The van der Waals surface area contributed by atoms with Crippen LogP contribution in [0.25, 0.3) is 0 Å². The van der Waals surface area contributed by atoms with Crippen LogP contribution < -0.4 is 4.74 Å². The number of aliphatic hydroxyl groups excluding tert-OH is 1. The predicted molar refractivity (Wildman–Crippen MR) is 110 cm³/mol. The van der Waals surface area contributed by atoms with Crippen molar-refractivity contribution in [2.45, 2.75) is 32.5 Å². The molecule has 0 radical (unpaired) electrons. The molecule has 2 N–H and O–H groups in total. The maximum Gasteiger partial charge on any atom is 0.343 e. The number of esters is 1. The number of methoxy groups -OCH3 is 1. The molecule has 160 valence electrons. The molecule has 0 bridgehead atoms. The quantitative estimate of drug-likeness (QED) is 0.701. The van der Waals surface area contributed by atoms with Gasteiger partial charge in [0.2, 0.25) is 5.78 Å². The maximum absolute atomic E-state index is 13.0. The highest BCUT2D eigenvalue weighted by atomic mass is 35.5. The van der Waals surface area contributed by atoms with Crippen LogP contribution in [0.15, 0.2) is 41.7 Å². The van der Waals surface area contributed by atoms with Gasteiger partial charge in [0, 0.05) is 5.92 Å². The molecule has 3 atom stereocenters. The van der Waals surface area contributed by atoms with Crippen molar-refractivity contribution in [3.05, 3.63) is 57.9 Å². The topological polar surface area (TPSA) is 102 Å². The average molecular weight is 435 g/mol. The monoisotopic (exact) mass is 434 g/mol. The lowest BCUT2D eigenvalue weighted by Crippen LogP contribution is -2.57. The van der Waals surface area contributed by atoms with Crippen LogP contribution in [0.3, 0.4) is 0 Å². The Kier molecular flexibility index (Phi) is 5.97. The standard InChI is InChI=1S/C22H23ClO7/c1-5-6-13-8-12-9-16(25)22(3,20(26)14(12)10-29-13)30-21(27)17-11(2)7-15(24)18(23)19(17)28-4/h5-9,14,20,24,26H,10H2,1-4H3/b6-5+/t14-,20+,22+/m1/s1. The number of carbonyl (C=O) groups is 2. The highest BCUT2D eigenvalue weighted by molar-refractivity contribution is 6.34. The zero-order chi connectivity index (χ0) is 22.2. The van der Waals surface area contributed by atoms with Crippen LogP contribution in [0, 0.1) is 12.8 Å². The Balaban J connectivity index is 1.97.